The van der Waals surface area contributed by atoms with Crippen molar-refractivity contribution < 1.29 is 168 Å². The van der Waals surface area contributed by atoms with Crippen LogP contribution in [0.2, 0.25) is 0 Å². The Morgan fingerprint density at radius 3 is 0.939 bits per heavy atom. The predicted octanol–water partition coefficient (Wildman–Crippen LogP) is -13.9. The van der Waals surface area contributed by atoms with Crippen LogP contribution in [-0.4, -0.2) is 357 Å². The molecule has 36 heteroatoms. The first-order chi connectivity index (χ1) is 38.7. The molecule has 2 amide bonds. The Hall–Kier alpha value is -2.34. The fourth-order valence-corrected chi connectivity index (χ4v) is 10.7. The number of carbonyl (C=O) groups excluding carboxylic acids is 2. The summed E-state index contributed by atoms with van der Waals surface area (Å²) in [6.07, 6.45) is -63.0. The van der Waals surface area contributed by atoms with Crippen molar-refractivity contribution in [2.24, 2.45) is 0 Å². The van der Waals surface area contributed by atoms with Crippen molar-refractivity contribution in [3.8, 4) is 0 Å². The molecule has 7 aliphatic heterocycles. The van der Waals surface area contributed by atoms with Crippen LogP contribution in [0.1, 0.15) is 27.7 Å². The lowest BCUT2D eigenvalue weighted by Gasteiger charge is -2.52. The number of nitrogens with one attached hydrogen (secondary N) is 2. The molecule has 82 heavy (non-hydrogen) atoms. The summed E-state index contributed by atoms with van der Waals surface area (Å²) in [7, 11) is 0. The van der Waals surface area contributed by atoms with Crippen molar-refractivity contribution in [3.05, 3.63) is 0 Å². The molecule has 7 saturated heterocycles. The first-order valence-electron chi connectivity index (χ1n) is 26.3. The maximum absolute atomic E-state index is 13.1. The predicted molar refractivity (Wildman–Crippen MR) is 252 cm³/mol. The number of rotatable bonds is 19. The molecule has 476 valence electrons. The van der Waals surface area contributed by atoms with E-state index in [4.69, 9.17) is 61.6 Å². The van der Waals surface area contributed by atoms with Crippen LogP contribution in [0, 0.1) is 0 Å². The molecule has 7 aliphatic rings. The minimum Gasteiger partial charge on any atom is -0.394 e. The van der Waals surface area contributed by atoms with E-state index in [2.05, 4.69) is 10.6 Å². The lowest BCUT2D eigenvalue weighted by Crippen LogP contribution is -2.72. The zero-order valence-electron chi connectivity index (χ0n) is 44.4. The lowest BCUT2D eigenvalue weighted by molar-refractivity contribution is -0.398. The van der Waals surface area contributed by atoms with Crippen LogP contribution >= 0.6 is 0 Å². The molecule has 36 nitrogen and oxygen atoms in total. The molecule has 7 heterocycles. The van der Waals surface area contributed by atoms with Crippen LogP contribution in [0.4, 0.5) is 0 Å². The van der Waals surface area contributed by atoms with Gasteiger partial charge in [-0.2, -0.15) is 0 Å². The highest BCUT2D eigenvalue weighted by atomic mass is 16.8. The van der Waals surface area contributed by atoms with E-state index in [1.807, 2.05) is 0 Å². The number of carbonyl (C=O) groups is 2. The molecule has 7 fully saturated rings. The Bertz CT molecular complexity index is 2030. The minimum atomic E-state index is -2.31. The molecule has 21 N–H and O–H groups in total. The normalized spacial score (nSPS) is 51.3. The van der Waals surface area contributed by atoms with Crippen molar-refractivity contribution in [2.75, 3.05) is 33.0 Å². The summed E-state index contributed by atoms with van der Waals surface area (Å²) in [4.78, 5) is 26.2. The Balaban J connectivity index is 1.23. The van der Waals surface area contributed by atoms with Crippen molar-refractivity contribution in [1.82, 2.24) is 10.6 Å². The molecule has 0 aromatic heterocycles. The van der Waals surface area contributed by atoms with Crippen LogP contribution in [0.15, 0.2) is 0 Å². The van der Waals surface area contributed by atoms with E-state index in [1.165, 1.54) is 13.8 Å². The standard InChI is InChI=1S/C46H78N2O34/c1-10-21(56)25(60)29(64)43(70-10)80-37-19(47-12(3)54)41(75-17(8-52)35(37)78-45-31(66)27(62)23(58)14(5-49)73-45)77-34-16(7-51)72-40(69)39(33(34)68)82-42-20(48-13(4)55)38(81-44-30(65)26(61)22(57)11(2)71-44)36(18(9-53)76-42)79-46-32(67)28(63)24(59)15(6-50)74-46/h10-11,14-46,49-53,56-69H,5-9H2,1-4H3,(H,47,54)(H,48,55)/t10?,11?,14?,15?,16?,17?,18?,19?,20?,21-,22-,23+,24+,25+,26+,27+,28+,29?,30?,31?,32?,33+,34-,35-,36-,37-,38-,39?,40+,41+,42+,43+,44+,45+,46+/m1/s1. The molecule has 0 aromatic carbocycles. The summed E-state index contributed by atoms with van der Waals surface area (Å²) < 4.78 is 77.1. The van der Waals surface area contributed by atoms with Crippen LogP contribution in [0.5, 0.6) is 0 Å². The van der Waals surface area contributed by atoms with E-state index >= 15 is 0 Å². The Morgan fingerprint density at radius 2 is 0.598 bits per heavy atom. The van der Waals surface area contributed by atoms with E-state index in [9.17, 15) is 107 Å². The zero-order valence-corrected chi connectivity index (χ0v) is 44.4. The van der Waals surface area contributed by atoms with E-state index in [1.54, 1.807) is 0 Å². The van der Waals surface area contributed by atoms with Crippen LogP contribution in [0.25, 0.3) is 0 Å². The average Bonchev–Trinajstić information content (AvgIpc) is 3.59. The molecule has 0 radical (unpaired) electrons. The molecule has 0 aromatic rings. The van der Waals surface area contributed by atoms with Gasteiger partial charge in [-0.05, 0) is 13.8 Å². The van der Waals surface area contributed by atoms with Gasteiger partial charge in [0.25, 0.3) is 0 Å². The van der Waals surface area contributed by atoms with E-state index < -0.39 is 260 Å². The minimum absolute atomic E-state index is 0.900. The van der Waals surface area contributed by atoms with Gasteiger partial charge in [-0.15, -0.1) is 0 Å². The van der Waals surface area contributed by atoms with Crippen molar-refractivity contribution in [1.29, 1.82) is 0 Å². The third-order valence-corrected chi connectivity index (χ3v) is 15.3. The number of ether oxygens (including phenoxy) is 13. The Morgan fingerprint density at radius 1 is 0.317 bits per heavy atom. The van der Waals surface area contributed by atoms with Gasteiger partial charge in [-0.25, -0.2) is 0 Å². The molecule has 7 rings (SSSR count). The molecule has 0 saturated carbocycles. The second kappa shape index (κ2) is 28.7. The second-order valence-electron chi connectivity index (χ2n) is 21.0. The molecular weight excluding hydrogens is 1120 g/mol. The van der Waals surface area contributed by atoms with Gasteiger partial charge in [0.1, 0.15) is 159 Å². The number of amides is 2. The second-order valence-corrected chi connectivity index (χ2v) is 21.0. The van der Waals surface area contributed by atoms with Crippen LogP contribution < -0.4 is 10.6 Å². The molecule has 0 bridgehead atoms. The lowest BCUT2D eigenvalue weighted by atomic mass is 9.93. The maximum Gasteiger partial charge on any atom is 0.217 e. The van der Waals surface area contributed by atoms with Gasteiger partial charge in [0.2, 0.25) is 11.8 Å². The number of aliphatic hydroxyl groups excluding tert-OH is 19. The smallest absolute Gasteiger partial charge is 0.217 e. The Labute approximate surface area is 465 Å². The van der Waals surface area contributed by atoms with Crippen molar-refractivity contribution in [2.45, 2.75) is 243 Å². The van der Waals surface area contributed by atoms with Gasteiger partial charge in [0.15, 0.2) is 44.0 Å². The first kappa shape index (κ1) is 67.2. The van der Waals surface area contributed by atoms with Gasteiger partial charge in [-0.3, -0.25) is 9.59 Å². The average molecular weight is 1200 g/mol. The number of hydrogen-bond donors (Lipinski definition) is 21. The number of aliphatic hydroxyl groups is 19. The van der Waals surface area contributed by atoms with Gasteiger partial charge in [-0.1, -0.05) is 0 Å². The van der Waals surface area contributed by atoms with Crippen LogP contribution in [-0.2, 0) is 71.2 Å². The summed E-state index contributed by atoms with van der Waals surface area (Å²) in [5, 5.41) is 210. The van der Waals surface area contributed by atoms with Crippen LogP contribution in [0.3, 0.4) is 0 Å². The summed E-state index contributed by atoms with van der Waals surface area (Å²) >= 11 is 0. The third-order valence-electron chi connectivity index (χ3n) is 15.3. The topological polar surface area (TPSA) is 563 Å². The monoisotopic (exact) mass is 1200 g/mol. The first-order valence-corrected chi connectivity index (χ1v) is 26.3. The van der Waals surface area contributed by atoms with Gasteiger partial charge < -0.3 is 169 Å². The van der Waals surface area contributed by atoms with Gasteiger partial charge in [0, 0.05) is 13.8 Å². The largest absolute Gasteiger partial charge is 0.394 e. The van der Waals surface area contributed by atoms with E-state index in [0.717, 1.165) is 13.8 Å². The molecule has 0 spiro atoms. The van der Waals surface area contributed by atoms with E-state index in [-0.39, 0.29) is 0 Å². The van der Waals surface area contributed by atoms with Crippen molar-refractivity contribution >= 4 is 11.8 Å². The molecule has 35 atom stereocenters. The van der Waals surface area contributed by atoms with E-state index in [0.29, 0.717) is 0 Å². The molecule has 14 unspecified atom stereocenters. The van der Waals surface area contributed by atoms with Crippen molar-refractivity contribution in [3.63, 3.8) is 0 Å². The molecule has 0 aliphatic carbocycles. The fraction of sp³-hybridized carbons (Fsp3) is 0.957. The highest BCUT2D eigenvalue weighted by molar-refractivity contribution is 5.73. The Kier molecular flexibility index (Phi) is 23.5. The maximum atomic E-state index is 13.1. The summed E-state index contributed by atoms with van der Waals surface area (Å²) in [5.74, 6) is -1.81. The van der Waals surface area contributed by atoms with Gasteiger partial charge >= 0.3 is 0 Å². The highest BCUT2D eigenvalue weighted by Gasteiger charge is 2.60. The fourth-order valence-electron chi connectivity index (χ4n) is 10.7. The third kappa shape index (κ3) is 14.1. The van der Waals surface area contributed by atoms with Gasteiger partial charge in [0.05, 0.1) is 45.2 Å². The zero-order chi connectivity index (χ0) is 60.5. The molecular formula is C46H78N2O34. The summed E-state index contributed by atoms with van der Waals surface area (Å²) in [5.41, 5.74) is 0. The highest BCUT2D eigenvalue weighted by Crippen LogP contribution is 2.39. The SMILES string of the molecule is CC(=O)NC1[C@H](OC2[C@@H](O)[C@H](O[C@@H]3OC(CO)[C@@H](O[C@@H]4OC(CO)[C@H](O)[C@H](O)C4O)[C@H](O[C@@H]4OC(C)[C@@H](O)[C@H](O)C4O)C3NC(C)=O)C(CO)O[C@@H]2O)OC(CO)[C@@H](O[C@@H]2OC(CO)[C@H](O)[C@H](O)C2O)[C@@H]1O[C@@H]1OC(C)[C@@H](O)[C@H](O)C1O. The quantitative estimate of drug-likeness (QED) is 0.0571. The number of hydrogen-bond acceptors (Lipinski definition) is 34. The summed E-state index contributed by atoms with van der Waals surface area (Å²) in [6.45, 7) is -0.597. The summed E-state index contributed by atoms with van der Waals surface area (Å²) in [6, 6.07) is -3.72.